The van der Waals surface area contributed by atoms with Gasteiger partial charge >= 0.3 is 6.09 Å². The maximum absolute atomic E-state index is 13.2. The highest BCUT2D eigenvalue weighted by molar-refractivity contribution is 6.31. The van der Waals surface area contributed by atoms with Crippen LogP contribution in [0.3, 0.4) is 0 Å². The van der Waals surface area contributed by atoms with E-state index >= 15 is 0 Å². The summed E-state index contributed by atoms with van der Waals surface area (Å²) in [6.45, 7) is 5.23. The van der Waals surface area contributed by atoms with E-state index in [0.717, 1.165) is 0 Å². The first-order valence-electron chi connectivity index (χ1n) is 14.5. The number of hydrogen-bond acceptors (Lipinski definition) is 7. The van der Waals surface area contributed by atoms with Crippen molar-refractivity contribution in [2.45, 2.75) is 32.7 Å². The molecule has 3 N–H and O–H groups in total. The summed E-state index contributed by atoms with van der Waals surface area (Å²) in [5.41, 5.74) is 2.00. The molecule has 3 amide bonds. The van der Waals surface area contributed by atoms with E-state index in [1.165, 1.54) is 12.0 Å². The van der Waals surface area contributed by atoms with Gasteiger partial charge in [-0.05, 0) is 74.9 Å². The molecule has 1 heterocycles. The molecule has 0 atom stereocenters. The molecule has 47 heavy (non-hydrogen) atoms. The van der Waals surface area contributed by atoms with Crippen molar-refractivity contribution in [2.75, 3.05) is 31.1 Å². The van der Waals surface area contributed by atoms with Crippen LogP contribution in [0.15, 0.2) is 78.9 Å². The molecule has 0 radical (unpaired) electrons. The lowest BCUT2D eigenvalue weighted by atomic mass is 9.97. The van der Waals surface area contributed by atoms with Gasteiger partial charge in [-0.25, -0.2) is 9.78 Å². The fourth-order valence-electron chi connectivity index (χ4n) is 4.75. The first-order valence-corrected chi connectivity index (χ1v) is 14.9. The Balaban J connectivity index is 1.77. The first kappa shape index (κ1) is 34.4. The molecule has 0 aliphatic heterocycles. The Morgan fingerprint density at radius 1 is 0.979 bits per heavy atom. The fourth-order valence-corrected chi connectivity index (χ4v) is 4.93. The molecule has 0 aliphatic rings. The van der Waals surface area contributed by atoms with Crippen molar-refractivity contribution >= 4 is 41.0 Å². The van der Waals surface area contributed by atoms with Crippen molar-refractivity contribution < 1.29 is 29.0 Å². The number of nitrogens with zero attached hydrogens (tertiary/aromatic N) is 3. The first-order chi connectivity index (χ1) is 22.4. The van der Waals surface area contributed by atoms with Crippen LogP contribution in [0.1, 0.15) is 43.1 Å². The van der Waals surface area contributed by atoms with Crippen molar-refractivity contribution in [1.82, 2.24) is 9.88 Å². The van der Waals surface area contributed by atoms with Crippen LogP contribution in [0, 0.1) is 11.3 Å². The Hall–Kier alpha value is -5.44. The van der Waals surface area contributed by atoms with E-state index in [0.29, 0.717) is 44.4 Å². The quantitative estimate of drug-likeness (QED) is 0.142. The van der Waals surface area contributed by atoms with Crippen molar-refractivity contribution in [3.63, 3.8) is 0 Å². The van der Waals surface area contributed by atoms with Gasteiger partial charge in [-0.2, -0.15) is 5.26 Å². The third-order valence-electron chi connectivity index (χ3n) is 7.01. The predicted molar refractivity (Wildman–Crippen MR) is 179 cm³/mol. The molecule has 1 aromatic heterocycles. The molecule has 3 aromatic carbocycles. The summed E-state index contributed by atoms with van der Waals surface area (Å²) >= 11 is 6.36. The maximum Gasteiger partial charge on any atom is 0.407 e. The molecular formula is C35H34ClN5O6. The lowest BCUT2D eigenvalue weighted by Crippen LogP contribution is -2.46. The third-order valence-corrected chi connectivity index (χ3v) is 7.24. The standard InChI is InChI=1S/C35H34ClN5O6/c1-35(2,3)41(34(44)45)16-15-31(42)38-25-12-8-11-23(17-25)26-19-29(27-18-24(36)13-14-30(27)47-21-46-4)39-32(28(26)20-37)40-33(43)22-9-6-5-7-10-22/h5-14,17-19H,15-16,21H2,1-4H3,(H,38,42)(H,44,45)(H,39,40,43). The highest BCUT2D eigenvalue weighted by atomic mass is 35.5. The van der Waals surface area contributed by atoms with Gasteiger partial charge in [-0.1, -0.05) is 41.9 Å². The van der Waals surface area contributed by atoms with Crippen LogP contribution in [-0.4, -0.2) is 58.9 Å². The minimum Gasteiger partial charge on any atom is -0.467 e. The zero-order valence-corrected chi connectivity index (χ0v) is 27.1. The van der Waals surface area contributed by atoms with E-state index < -0.39 is 17.5 Å². The number of nitriles is 1. The fraction of sp³-hybridized carbons (Fsp3) is 0.229. The summed E-state index contributed by atoms with van der Waals surface area (Å²) in [6.07, 6.45) is -1.18. The van der Waals surface area contributed by atoms with Crippen LogP contribution in [-0.2, 0) is 9.53 Å². The Labute approximate surface area is 277 Å². The van der Waals surface area contributed by atoms with Crippen LogP contribution in [0.25, 0.3) is 22.4 Å². The third kappa shape index (κ3) is 8.85. The van der Waals surface area contributed by atoms with Gasteiger partial charge in [0.1, 0.15) is 17.4 Å². The van der Waals surface area contributed by atoms with Crippen molar-refractivity contribution in [3.05, 3.63) is 95.0 Å². The Bertz CT molecular complexity index is 1820. The molecule has 4 rings (SSSR count). The lowest BCUT2D eigenvalue weighted by molar-refractivity contribution is -0.116. The van der Waals surface area contributed by atoms with E-state index in [-0.39, 0.29) is 37.0 Å². The number of carboxylic acid groups (broad SMARTS) is 1. The van der Waals surface area contributed by atoms with Gasteiger partial charge in [0.25, 0.3) is 5.91 Å². The van der Waals surface area contributed by atoms with Crippen molar-refractivity contribution in [3.8, 4) is 34.2 Å². The molecule has 11 nitrogen and oxygen atoms in total. The second-order valence-electron chi connectivity index (χ2n) is 11.4. The summed E-state index contributed by atoms with van der Waals surface area (Å²) in [5.74, 6) is -0.433. The van der Waals surface area contributed by atoms with Crippen LogP contribution in [0.5, 0.6) is 5.75 Å². The normalized spacial score (nSPS) is 10.9. The molecule has 0 unspecified atom stereocenters. The summed E-state index contributed by atoms with van der Waals surface area (Å²) in [7, 11) is 1.49. The number of benzene rings is 3. The van der Waals surface area contributed by atoms with E-state index in [2.05, 4.69) is 21.7 Å². The summed E-state index contributed by atoms with van der Waals surface area (Å²) < 4.78 is 10.8. The number of carbonyl (C=O) groups excluding carboxylic acids is 2. The topological polar surface area (TPSA) is 154 Å². The number of nitrogens with one attached hydrogen (secondary N) is 2. The largest absolute Gasteiger partial charge is 0.467 e. The molecule has 4 aromatic rings. The van der Waals surface area contributed by atoms with Gasteiger partial charge in [0.2, 0.25) is 5.91 Å². The monoisotopic (exact) mass is 655 g/mol. The number of anilines is 2. The van der Waals surface area contributed by atoms with Crippen LogP contribution in [0.2, 0.25) is 5.02 Å². The lowest BCUT2D eigenvalue weighted by Gasteiger charge is -2.32. The van der Waals surface area contributed by atoms with E-state index in [4.69, 9.17) is 21.1 Å². The molecule has 0 bridgehead atoms. The molecular weight excluding hydrogens is 622 g/mol. The molecule has 12 heteroatoms. The summed E-state index contributed by atoms with van der Waals surface area (Å²) in [5, 5.41) is 25.9. The average Bonchev–Trinajstić information content (AvgIpc) is 3.03. The number of amides is 3. The zero-order valence-electron chi connectivity index (χ0n) is 26.3. The molecule has 0 spiro atoms. The van der Waals surface area contributed by atoms with E-state index in [1.54, 1.807) is 99.6 Å². The number of rotatable bonds is 11. The molecule has 0 fully saturated rings. The smallest absolute Gasteiger partial charge is 0.407 e. The minimum absolute atomic E-state index is 0.00817. The number of ether oxygens (including phenoxy) is 2. The van der Waals surface area contributed by atoms with Gasteiger partial charge in [-0.15, -0.1) is 0 Å². The number of hydrogen-bond donors (Lipinski definition) is 3. The summed E-state index contributed by atoms with van der Waals surface area (Å²) in [4.78, 5) is 43.6. The number of halogens is 1. The number of pyridine rings is 1. The Morgan fingerprint density at radius 3 is 2.38 bits per heavy atom. The molecule has 0 aliphatic carbocycles. The van der Waals surface area contributed by atoms with Gasteiger partial charge < -0.3 is 30.1 Å². The highest BCUT2D eigenvalue weighted by Crippen LogP contribution is 2.38. The van der Waals surface area contributed by atoms with Gasteiger partial charge in [-0.3, -0.25) is 9.59 Å². The van der Waals surface area contributed by atoms with Crippen LogP contribution in [0.4, 0.5) is 16.3 Å². The summed E-state index contributed by atoms with van der Waals surface area (Å²) in [6, 6.07) is 24.2. The van der Waals surface area contributed by atoms with Crippen LogP contribution < -0.4 is 15.4 Å². The van der Waals surface area contributed by atoms with Gasteiger partial charge in [0.15, 0.2) is 12.6 Å². The van der Waals surface area contributed by atoms with Crippen LogP contribution >= 0.6 is 11.6 Å². The molecule has 242 valence electrons. The zero-order chi connectivity index (χ0) is 34.1. The number of carbonyl (C=O) groups is 3. The van der Waals surface area contributed by atoms with Gasteiger partial charge in [0.05, 0.1) is 5.69 Å². The predicted octanol–water partition coefficient (Wildman–Crippen LogP) is 7.28. The highest BCUT2D eigenvalue weighted by Gasteiger charge is 2.26. The second kappa shape index (κ2) is 15.2. The SMILES string of the molecule is COCOc1ccc(Cl)cc1-c1cc(-c2cccc(NC(=O)CCN(C(=O)O)C(C)(C)C)c2)c(C#N)c(NC(=O)c2ccccc2)n1. The van der Waals surface area contributed by atoms with Gasteiger partial charge in [0, 0.05) is 53.0 Å². The molecule has 0 saturated carbocycles. The molecule has 0 saturated heterocycles. The Morgan fingerprint density at radius 2 is 1.72 bits per heavy atom. The minimum atomic E-state index is -1.12. The number of aromatic nitrogens is 1. The van der Waals surface area contributed by atoms with E-state index in [1.807, 2.05) is 0 Å². The van der Waals surface area contributed by atoms with E-state index in [9.17, 15) is 24.8 Å². The second-order valence-corrected chi connectivity index (χ2v) is 11.8. The van der Waals surface area contributed by atoms with Crippen molar-refractivity contribution in [2.24, 2.45) is 0 Å². The maximum atomic E-state index is 13.2. The van der Waals surface area contributed by atoms with Crippen molar-refractivity contribution in [1.29, 1.82) is 5.26 Å². The number of methoxy groups -OCH3 is 1. The average molecular weight is 656 g/mol. The Kier molecular flexibility index (Phi) is 11.2.